The number of hydrogen-bond donors (Lipinski definition) is 1. The number of carbonyl (C=O) groups is 4. The highest BCUT2D eigenvalue weighted by molar-refractivity contribution is 6.52. The lowest BCUT2D eigenvalue weighted by atomic mass is 10.0. The Morgan fingerprint density at radius 2 is 1.53 bits per heavy atom. The quantitative estimate of drug-likeness (QED) is 0.211. The molecule has 0 radical (unpaired) electrons. The second-order valence-corrected chi connectivity index (χ2v) is 11.9. The van der Waals surface area contributed by atoms with Crippen LogP contribution in [0.4, 0.5) is 21.5 Å². The van der Waals surface area contributed by atoms with Gasteiger partial charge < -0.3 is 34.1 Å². The van der Waals surface area contributed by atoms with E-state index in [0.29, 0.717) is 30.0 Å². The van der Waals surface area contributed by atoms with Crippen molar-refractivity contribution in [1.29, 1.82) is 0 Å². The molecule has 3 amide bonds. The SMILES string of the molecule is COc1cc(C(C(=O)Nc2ccc(N3CCOCC3)cc2)N(Cc2ccc(F)cc2)C(=O)CN2C(=O)C(=O)c3ccccc32)cc(OC)c1OC. The Labute approximate surface area is 294 Å². The van der Waals surface area contributed by atoms with Gasteiger partial charge in [0.05, 0.1) is 45.8 Å². The number of anilines is 3. The van der Waals surface area contributed by atoms with Crippen molar-refractivity contribution in [3.8, 4) is 17.2 Å². The van der Waals surface area contributed by atoms with Crippen LogP contribution in [0.25, 0.3) is 0 Å². The number of hydrogen-bond acceptors (Lipinski definition) is 9. The molecule has 4 aromatic rings. The molecule has 51 heavy (non-hydrogen) atoms. The minimum absolute atomic E-state index is 0.165. The number of benzene rings is 4. The number of Topliss-reactive ketones (excluding diaryl/α,β-unsaturated/α-hetero) is 1. The summed E-state index contributed by atoms with van der Waals surface area (Å²) in [5.74, 6) is -2.57. The van der Waals surface area contributed by atoms with Crippen molar-refractivity contribution in [2.24, 2.45) is 0 Å². The molecule has 0 aliphatic carbocycles. The minimum atomic E-state index is -1.35. The van der Waals surface area contributed by atoms with Gasteiger partial charge in [0.15, 0.2) is 11.5 Å². The molecule has 1 fully saturated rings. The van der Waals surface area contributed by atoms with Gasteiger partial charge in [-0.25, -0.2) is 4.39 Å². The molecule has 2 heterocycles. The molecule has 0 spiro atoms. The topological polar surface area (TPSA) is 127 Å². The molecular formula is C38H37FN4O8. The van der Waals surface area contributed by atoms with Crippen LogP contribution in [0.3, 0.4) is 0 Å². The van der Waals surface area contributed by atoms with Gasteiger partial charge in [-0.2, -0.15) is 0 Å². The van der Waals surface area contributed by atoms with Gasteiger partial charge in [0.1, 0.15) is 18.4 Å². The average Bonchev–Trinajstić information content (AvgIpc) is 3.40. The zero-order chi connectivity index (χ0) is 36.1. The number of rotatable bonds is 12. The van der Waals surface area contributed by atoms with E-state index in [0.717, 1.165) is 23.7 Å². The van der Waals surface area contributed by atoms with Crippen LogP contribution < -0.4 is 29.3 Å². The predicted molar refractivity (Wildman–Crippen MR) is 187 cm³/mol. The summed E-state index contributed by atoms with van der Waals surface area (Å²) in [4.78, 5) is 59.6. The summed E-state index contributed by atoms with van der Waals surface area (Å²) in [5, 5.41) is 2.95. The van der Waals surface area contributed by atoms with Gasteiger partial charge in [0.2, 0.25) is 11.7 Å². The molecule has 1 saturated heterocycles. The molecule has 1 atom stereocenters. The van der Waals surface area contributed by atoms with Crippen molar-refractivity contribution in [1.82, 2.24) is 4.90 Å². The van der Waals surface area contributed by atoms with E-state index in [1.807, 2.05) is 12.1 Å². The monoisotopic (exact) mass is 696 g/mol. The summed E-state index contributed by atoms with van der Waals surface area (Å²) in [7, 11) is 4.31. The first-order chi connectivity index (χ1) is 24.7. The summed E-state index contributed by atoms with van der Waals surface area (Å²) in [5.41, 5.74) is 2.71. The predicted octanol–water partition coefficient (Wildman–Crippen LogP) is 4.63. The second kappa shape index (κ2) is 15.3. The lowest BCUT2D eigenvalue weighted by molar-refractivity contribution is -0.139. The summed E-state index contributed by atoms with van der Waals surface area (Å²) in [6.45, 7) is 2.01. The molecule has 12 nitrogen and oxygen atoms in total. The van der Waals surface area contributed by atoms with E-state index in [1.165, 1.54) is 56.6 Å². The van der Waals surface area contributed by atoms with Gasteiger partial charge in [-0.15, -0.1) is 0 Å². The molecule has 0 bridgehead atoms. The number of carbonyl (C=O) groups excluding carboxylic acids is 4. The number of methoxy groups -OCH3 is 3. The summed E-state index contributed by atoms with van der Waals surface area (Å²) in [6.07, 6.45) is 0. The molecule has 1 unspecified atom stereocenters. The third-order valence-electron chi connectivity index (χ3n) is 8.83. The Morgan fingerprint density at radius 1 is 0.882 bits per heavy atom. The van der Waals surface area contributed by atoms with Crippen molar-refractivity contribution in [3.63, 3.8) is 0 Å². The van der Waals surface area contributed by atoms with Crippen LogP contribution >= 0.6 is 0 Å². The van der Waals surface area contributed by atoms with Gasteiger partial charge in [-0.05, 0) is 71.8 Å². The number of ketones is 1. The number of fused-ring (bicyclic) bond motifs is 1. The fraction of sp³-hybridized carbons (Fsp3) is 0.263. The zero-order valence-electron chi connectivity index (χ0n) is 28.4. The first kappa shape index (κ1) is 34.9. The Bertz CT molecular complexity index is 1900. The molecule has 2 aliphatic rings. The maximum Gasteiger partial charge on any atom is 0.299 e. The van der Waals surface area contributed by atoms with E-state index in [9.17, 15) is 23.6 Å². The molecule has 2 aliphatic heterocycles. The first-order valence-electron chi connectivity index (χ1n) is 16.2. The number of ether oxygens (including phenoxy) is 4. The van der Waals surface area contributed by atoms with Crippen LogP contribution in [0.5, 0.6) is 17.2 Å². The summed E-state index contributed by atoms with van der Waals surface area (Å²) in [6, 6.07) is 21.0. The van der Waals surface area contributed by atoms with Crippen LogP contribution in [0, 0.1) is 5.82 Å². The number of amides is 3. The van der Waals surface area contributed by atoms with Gasteiger partial charge in [-0.1, -0.05) is 24.3 Å². The number of morpholine rings is 1. The largest absolute Gasteiger partial charge is 0.493 e. The van der Waals surface area contributed by atoms with Gasteiger partial charge >= 0.3 is 0 Å². The maximum atomic E-state index is 14.6. The second-order valence-electron chi connectivity index (χ2n) is 11.9. The van der Waals surface area contributed by atoms with Crippen molar-refractivity contribution in [3.05, 3.63) is 107 Å². The van der Waals surface area contributed by atoms with E-state index >= 15 is 0 Å². The van der Waals surface area contributed by atoms with Crippen LogP contribution in [0.2, 0.25) is 0 Å². The molecule has 264 valence electrons. The Balaban J connectivity index is 1.42. The highest BCUT2D eigenvalue weighted by atomic mass is 19.1. The molecule has 0 aromatic heterocycles. The highest BCUT2D eigenvalue weighted by Gasteiger charge is 2.40. The van der Waals surface area contributed by atoms with Gasteiger partial charge in [-0.3, -0.25) is 24.1 Å². The summed E-state index contributed by atoms with van der Waals surface area (Å²) >= 11 is 0. The summed E-state index contributed by atoms with van der Waals surface area (Å²) < 4.78 is 36.2. The van der Waals surface area contributed by atoms with E-state index in [4.69, 9.17) is 18.9 Å². The van der Waals surface area contributed by atoms with Gasteiger partial charge in [0.25, 0.3) is 17.6 Å². The van der Waals surface area contributed by atoms with E-state index in [-0.39, 0.29) is 35.0 Å². The lowest BCUT2D eigenvalue weighted by Crippen LogP contribution is -2.46. The third kappa shape index (κ3) is 7.33. The van der Waals surface area contributed by atoms with Crippen molar-refractivity contribution >= 4 is 40.6 Å². The van der Waals surface area contributed by atoms with E-state index in [1.54, 1.807) is 42.5 Å². The van der Waals surface area contributed by atoms with Crippen molar-refractivity contribution in [2.75, 3.05) is 69.3 Å². The number of nitrogens with zero attached hydrogens (tertiary/aromatic N) is 3. The van der Waals surface area contributed by atoms with Crippen molar-refractivity contribution < 1.29 is 42.5 Å². The molecule has 0 saturated carbocycles. The Morgan fingerprint density at radius 3 is 2.16 bits per heavy atom. The first-order valence-corrected chi connectivity index (χ1v) is 16.2. The molecule has 13 heteroatoms. The zero-order valence-corrected chi connectivity index (χ0v) is 28.4. The van der Waals surface area contributed by atoms with Crippen LogP contribution in [-0.2, 0) is 25.7 Å². The van der Waals surface area contributed by atoms with E-state index in [2.05, 4.69) is 10.2 Å². The highest BCUT2D eigenvalue weighted by Crippen LogP contribution is 2.41. The molecule has 1 N–H and O–H groups in total. The minimum Gasteiger partial charge on any atom is -0.493 e. The normalized spacial score (nSPS) is 14.5. The van der Waals surface area contributed by atoms with Crippen LogP contribution in [0.1, 0.15) is 27.5 Å². The standard InChI is InChI=1S/C38H37FN4O8/c1-48-31-20-25(21-32(49-2)36(31)50-3)34(37(46)40-27-12-14-28(15-13-27)41-16-18-51-19-17-41)43(22-24-8-10-26(39)11-9-24)33(44)23-42-30-7-5-4-6-29(30)35(45)38(42)47/h4-15,20-21,34H,16-19,22-23H2,1-3H3,(H,40,46). The van der Waals surface area contributed by atoms with Crippen LogP contribution in [-0.4, -0.2) is 82.6 Å². The molecular weight excluding hydrogens is 659 g/mol. The fourth-order valence-electron chi connectivity index (χ4n) is 6.26. The lowest BCUT2D eigenvalue weighted by Gasteiger charge is -2.33. The fourth-order valence-corrected chi connectivity index (χ4v) is 6.26. The number of para-hydroxylation sites is 1. The number of halogens is 1. The molecule has 4 aromatic carbocycles. The molecule has 6 rings (SSSR count). The smallest absolute Gasteiger partial charge is 0.299 e. The third-order valence-corrected chi connectivity index (χ3v) is 8.83. The number of nitrogens with one attached hydrogen (secondary N) is 1. The Hall–Kier alpha value is -5.95. The van der Waals surface area contributed by atoms with Gasteiger partial charge in [0, 0.05) is 31.0 Å². The van der Waals surface area contributed by atoms with Crippen LogP contribution in [0.15, 0.2) is 84.9 Å². The van der Waals surface area contributed by atoms with Crippen molar-refractivity contribution in [2.45, 2.75) is 12.6 Å². The average molecular weight is 697 g/mol. The Kier molecular flexibility index (Phi) is 10.5. The van der Waals surface area contributed by atoms with E-state index < -0.39 is 41.9 Å². The maximum absolute atomic E-state index is 14.6.